The topological polar surface area (TPSA) is 89.3 Å². The molecule has 2 atom stereocenters. The fraction of sp³-hybridized carbons (Fsp3) is 0.400. The van der Waals surface area contributed by atoms with Crippen LogP contribution in [0.3, 0.4) is 0 Å². The van der Waals surface area contributed by atoms with E-state index in [0.29, 0.717) is 17.3 Å². The van der Waals surface area contributed by atoms with Crippen LogP contribution < -0.4 is 5.56 Å². The number of aromatic nitrogens is 2. The number of hydrogen-bond acceptors (Lipinski definition) is 5. The summed E-state index contributed by atoms with van der Waals surface area (Å²) in [6.45, 7) is 0.127. The maximum absolute atomic E-state index is 12.4. The Morgan fingerprint density at radius 3 is 2.78 bits per heavy atom. The summed E-state index contributed by atoms with van der Waals surface area (Å²) in [4.78, 5) is 30.6. The highest BCUT2D eigenvalue weighted by molar-refractivity contribution is 7.92. The summed E-state index contributed by atoms with van der Waals surface area (Å²) >= 11 is 0. The van der Waals surface area contributed by atoms with Crippen LogP contribution in [0.2, 0.25) is 0 Å². The van der Waals surface area contributed by atoms with E-state index in [1.165, 1.54) is 10.9 Å². The zero-order valence-corrected chi connectivity index (χ0v) is 13.1. The average molecular weight is 333 g/mol. The first kappa shape index (κ1) is 14.4. The Balaban J connectivity index is 1.59. The molecule has 0 spiro atoms. The van der Waals surface area contributed by atoms with E-state index in [1.807, 2.05) is 0 Å². The predicted molar refractivity (Wildman–Crippen MR) is 83.7 cm³/mol. The van der Waals surface area contributed by atoms with Gasteiger partial charge >= 0.3 is 0 Å². The first-order valence-corrected chi connectivity index (χ1v) is 9.12. The van der Waals surface area contributed by atoms with Crippen LogP contribution in [0.15, 0.2) is 35.4 Å². The lowest BCUT2D eigenvalue weighted by molar-refractivity contribution is -0.132. The number of sulfone groups is 1. The van der Waals surface area contributed by atoms with E-state index < -0.39 is 15.1 Å². The number of hydrogen-bond donors (Lipinski definition) is 0. The van der Waals surface area contributed by atoms with Gasteiger partial charge in [-0.3, -0.25) is 14.2 Å². The van der Waals surface area contributed by atoms with E-state index in [0.717, 1.165) is 0 Å². The van der Waals surface area contributed by atoms with E-state index in [9.17, 15) is 18.0 Å². The number of fused-ring (bicyclic) bond motifs is 3. The van der Waals surface area contributed by atoms with Crippen LogP contribution in [0, 0.1) is 0 Å². The number of para-hydroxylation sites is 1. The van der Waals surface area contributed by atoms with Crippen LogP contribution in [0.25, 0.3) is 10.9 Å². The van der Waals surface area contributed by atoms with Crippen molar-refractivity contribution in [3.8, 4) is 0 Å². The van der Waals surface area contributed by atoms with Gasteiger partial charge in [0.2, 0.25) is 5.91 Å². The van der Waals surface area contributed by atoms with Gasteiger partial charge < -0.3 is 4.90 Å². The molecule has 2 aliphatic rings. The molecule has 0 aliphatic carbocycles. The summed E-state index contributed by atoms with van der Waals surface area (Å²) < 4.78 is 24.8. The highest BCUT2D eigenvalue weighted by atomic mass is 32.2. The van der Waals surface area contributed by atoms with Gasteiger partial charge in [0.1, 0.15) is 6.54 Å². The molecule has 1 aromatic heterocycles. The Kier molecular flexibility index (Phi) is 3.06. The quantitative estimate of drug-likeness (QED) is 0.759. The molecular weight excluding hydrogens is 318 g/mol. The second-order valence-electron chi connectivity index (χ2n) is 6.08. The molecule has 2 aliphatic heterocycles. The zero-order valence-electron chi connectivity index (χ0n) is 12.3. The van der Waals surface area contributed by atoms with Crippen molar-refractivity contribution >= 4 is 26.6 Å². The monoisotopic (exact) mass is 333 g/mol. The fourth-order valence-electron chi connectivity index (χ4n) is 3.46. The molecule has 0 N–H and O–H groups in total. The van der Waals surface area contributed by atoms with Crippen molar-refractivity contribution in [2.45, 2.75) is 24.3 Å². The molecular formula is C15H15N3O4S. The van der Waals surface area contributed by atoms with Crippen LogP contribution in [0.4, 0.5) is 0 Å². The Labute approximate surface area is 132 Å². The largest absolute Gasteiger partial charge is 0.336 e. The van der Waals surface area contributed by atoms with E-state index in [1.54, 1.807) is 29.2 Å². The Morgan fingerprint density at radius 1 is 1.30 bits per heavy atom. The lowest BCUT2D eigenvalue weighted by atomic mass is 10.2. The summed E-state index contributed by atoms with van der Waals surface area (Å²) in [7, 11) is -3.04. The molecule has 2 fully saturated rings. The minimum Gasteiger partial charge on any atom is -0.336 e. The number of amides is 1. The second kappa shape index (κ2) is 4.89. The zero-order chi connectivity index (χ0) is 16.2. The van der Waals surface area contributed by atoms with Gasteiger partial charge in [0.15, 0.2) is 9.84 Å². The van der Waals surface area contributed by atoms with Crippen molar-refractivity contribution in [2.75, 3.05) is 12.3 Å². The summed E-state index contributed by atoms with van der Waals surface area (Å²) in [5.74, 6) is -0.194. The van der Waals surface area contributed by atoms with Crippen LogP contribution in [-0.4, -0.2) is 52.4 Å². The van der Waals surface area contributed by atoms with E-state index in [-0.39, 0.29) is 36.4 Å². The normalized spacial score (nSPS) is 25.1. The third-order valence-electron chi connectivity index (χ3n) is 4.67. The van der Waals surface area contributed by atoms with Gasteiger partial charge in [-0.2, -0.15) is 0 Å². The van der Waals surface area contributed by atoms with Crippen LogP contribution >= 0.6 is 0 Å². The maximum Gasteiger partial charge on any atom is 0.261 e. The third kappa shape index (κ3) is 2.24. The standard InChI is InChI=1S/C15H15N3O4S/c19-14(18-6-11-5-10(18)8-23(11,21)22)7-17-9-16-13-4-2-1-3-12(13)15(17)20/h1-4,9-11H,5-8H2. The summed E-state index contributed by atoms with van der Waals surface area (Å²) in [6, 6.07) is 6.72. The SMILES string of the molecule is O=C(Cn1cnc2ccccc2c1=O)N1CC2CC1CS2(=O)=O. The van der Waals surface area contributed by atoms with Crippen LogP contribution in [0.5, 0.6) is 0 Å². The van der Waals surface area contributed by atoms with E-state index >= 15 is 0 Å². The molecule has 120 valence electrons. The van der Waals surface area contributed by atoms with Gasteiger partial charge in [-0.15, -0.1) is 0 Å². The van der Waals surface area contributed by atoms with Crippen molar-refractivity contribution in [2.24, 2.45) is 0 Å². The van der Waals surface area contributed by atoms with Crippen molar-refractivity contribution in [3.63, 3.8) is 0 Å². The first-order chi connectivity index (χ1) is 11.0. The molecule has 23 heavy (non-hydrogen) atoms. The van der Waals surface area contributed by atoms with Gasteiger partial charge in [-0.25, -0.2) is 13.4 Å². The number of likely N-dealkylation sites (tertiary alicyclic amines) is 1. The number of carbonyl (C=O) groups excluding carboxylic acids is 1. The van der Waals surface area contributed by atoms with E-state index in [4.69, 9.17) is 0 Å². The molecule has 4 rings (SSSR count). The van der Waals surface area contributed by atoms with Crippen LogP contribution in [-0.2, 0) is 21.2 Å². The van der Waals surface area contributed by atoms with Gasteiger partial charge in [-0.1, -0.05) is 12.1 Å². The average Bonchev–Trinajstić information content (AvgIpc) is 3.06. The summed E-state index contributed by atoms with van der Waals surface area (Å²) in [5.41, 5.74) is 0.327. The smallest absolute Gasteiger partial charge is 0.261 e. The first-order valence-electron chi connectivity index (χ1n) is 7.41. The minimum atomic E-state index is -3.04. The number of benzene rings is 1. The summed E-state index contributed by atoms with van der Waals surface area (Å²) in [5, 5.41) is 0.0243. The van der Waals surface area contributed by atoms with Crippen LogP contribution in [0.1, 0.15) is 6.42 Å². The Hall–Kier alpha value is -2.22. The molecule has 0 saturated carbocycles. The van der Waals surface area contributed by atoms with Crippen molar-refractivity contribution < 1.29 is 13.2 Å². The summed E-state index contributed by atoms with van der Waals surface area (Å²) in [6.07, 6.45) is 1.88. The molecule has 2 bridgehead atoms. The van der Waals surface area contributed by atoms with Gasteiger partial charge in [-0.05, 0) is 18.6 Å². The highest BCUT2D eigenvalue weighted by Crippen LogP contribution is 2.32. The molecule has 7 nitrogen and oxygen atoms in total. The van der Waals surface area contributed by atoms with E-state index in [2.05, 4.69) is 4.98 Å². The number of carbonyl (C=O) groups is 1. The second-order valence-corrected chi connectivity index (χ2v) is 8.41. The number of rotatable bonds is 2. The fourth-order valence-corrected chi connectivity index (χ4v) is 5.48. The van der Waals surface area contributed by atoms with Crippen molar-refractivity contribution in [3.05, 3.63) is 40.9 Å². The molecule has 1 aromatic carbocycles. The molecule has 2 unspecified atom stereocenters. The maximum atomic E-state index is 12.4. The molecule has 2 aromatic rings. The Bertz CT molecular complexity index is 966. The molecule has 2 saturated heterocycles. The van der Waals surface area contributed by atoms with Gasteiger partial charge in [0.25, 0.3) is 5.56 Å². The predicted octanol–water partition coefficient (Wildman–Crippen LogP) is -0.206. The Morgan fingerprint density at radius 2 is 2.09 bits per heavy atom. The third-order valence-corrected chi connectivity index (χ3v) is 6.87. The van der Waals surface area contributed by atoms with Gasteiger partial charge in [0.05, 0.1) is 28.2 Å². The van der Waals surface area contributed by atoms with Gasteiger partial charge in [0, 0.05) is 12.6 Å². The minimum absolute atomic E-state index is 0.0360. The molecule has 0 radical (unpaired) electrons. The number of nitrogens with zero attached hydrogens (tertiary/aromatic N) is 3. The molecule has 8 heteroatoms. The lowest BCUT2D eigenvalue weighted by Crippen LogP contribution is -2.46. The molecule has 1 amide bonds. The highest BCUT2D eigenvalue weighted by Gasteiger charge is 2.49. The van der Waals surface area contributed by atoms with Crippen molar-refractivity contribution in [1.29, 1.82) is 0 Å². The van der Waals surface area contributed by atoms with Crippen molar-refractivity contribution in [1.82, 2.24) is 14.5 Å². The molecule has 3 heterocycles. The lowest BCUT2D eigenvalue weighted by Gasteiger charge is -2.27.